The maximum atomic E-state index is 12.0. The van der Waals surface area contributed by atoms with E-state index in [1.807, 2.05) is 12.1 Å². The largest absolute Gasteiger partial charge is 0.350 e. The molecule has 1 aliphatic rings. The van der Waals surface area contributed by atoms with Crippen molar-refractivity contribution in [3.8, 4) is 0 Å². The molecule has 0 bridgehead atoms. The Morgan fingerprint density at radius 3 is 2.79 bits per heavy atom. The summed E-state index contributed by atoms with van der Waals surface area (Å²) in [4.78, 5) is 18.5. The summed E-state index contributed by atoms with van der Waals surface area (Å²) in [5.41, 5.74) is 0.666. The lowest BCUT2D eigenvalue weighted by Gasteiger charge is -2.37. The molecule has 2 rings (SSSR count). The van der Waals surface area contributed by atoms with Gasteiger partial charge in [0.05, 0.1) is 0 Å². The van der Waals surface area contributed by atoms with Gasteiger partial charge < -0.3 is 10.2 Å². The number of aromatic nitrogens is 1. The average Bonchev–Trinajstić information content (AvgIpc) is 2.40. The van der Waals surface area contributed by atoms with Crippen LogP contribution in [0.1, 0.15) is 30.3 Å². The summed E-state index contributed by atoms with van der Waals surface area (Å²) in [5.74, 6) is -0.0959. The summed E-state index contributed by atoms with van der Waals surface area (Å²) in [6, 6.07) is 5.37. The minimum Gasteiger partial charge on any atom is -0.350 e. The Kier molecular flexibility index (Phi) is 4.58. The first-order chi connectivity index (χ1) is 8.98. The lowest BCUT2D eigenvalue weighted by atomic mass is 9.80. The number of carbonyl (C=O) groups excluding carboxylic acids is 1. The molecule has 19 heavy (non-hydrogen) atoms. The molecule has 2 heterocycles. The number of halogens is 1. The van der Waals surface area contributed by atoms with Crippen molar-refractivity contribution in [1.29, 1.82) is 0 Å². The van der Waals surface area contributed by atoms with Crippen LogP contribution in [-0.4, -0.2) is 42.5 Å². The summed E-state index contributed by atoms with van der Waals surface area (Å²) in [6.07, 6.45) is 2.24. The van der Waals surface area contributed by atoms with Crippen LogP contribution in [0.5, 0.6) is 0 Å². The normalized spacial score (nSPS) is 19.1. The van der Waals surface area contributed by atoms with Crippen LogP contribution in [0.4, 0.5) is 0 Å². The minimum atomic E-state index is -0.0959. The van der Waals surface area contributed by atoms with Crippen molar-refractivity contribution in [3.63, 3.8) is 0 Å². The highest BCUT2D eigenvalue weighted by molar-refractivity contribution is 9.10. The zero-order valence-electron chi connectivity index (χ0n) is 11.4. The number of nitrogens with one attached hydrogen (secondary N) is 1. The zero-order chi connectivity index (χ0) is 13.9. The first-order valence-electron chi connectivity index (χ1n) is 6.58. The maximum Gasteiger partial charge on any atom is 0.269 e. The van der Waals surface area contributed by atoms with E-state index in [4.69, 9.17) is 0 Å². The van der Waals surface area contributed by atoms with Crippen LogP contribution in [0.3, 0.4) is 0 Å². The Morgan fingerprint density at radius 2 is 2.16 bits per heavy atom. The first-order valence-corrected chi connectivity index (χ1v) is 7.37. The predicted molar refractivity (Wildman–Crippen MR) is 79.1 cm³/mol. The van der Waals surface area contributed by atoms with Crippen molar-refractivity contribution < 1.29 is 4.79 Å². The molecule has 104 valence electrons. The van der Waals surface area contributed by atoms with Crippen LogP contribution in [0.2, 0.25) is 0 Å². The fourth-order valence-corrected chi connectivity index (χ4v) is 2.60. The number of likely N-dealkylation sites (tertiary alicyclic amines) is 1. The number of nitrogens with zero attached hydrogens (tertiary/aromatic N) is 2. The molecule has 4 nitrogen and oxygen atoms in total. The molecule has 5 heteroatoms. The number of pyridine rings is 1. The SMILES string of the molecule is CN1CCC(C)(CNC(=O)c2cccc(Br)n2)CC1. The quantitative estimate of drug-likeness (QED) is 0.867. The minimum absolute atomic E-state index is 0.0959. The number of rotatable bonds is 3. The molecule has 0 spiro atoms. The van der Waals surface area contributed by atoms with Gasteiger partial charge >= 0.3 is 0 Å². The third-order valence-electron chi connectivity index (χ3n) is 3.82. The molecule has 1 aromatic rings. The number of carbonyl (C=O) groups is 1. The first kappa shape index (κ1) is 14.5. The van der Waals surface area contributed by atoms with Gasteiger partial charge in [-0.05, 0) is 66.5 Å². The van der Waals surface area contributed by atoms with E-state index in [-0.39, 0.29) is 11.3 Å². The topological polar surface area (TPSA) is 45.2 Å². The second kappa shape index (κ2) is 6.01. The lowest BCUT2D eigenvalue weighted by Crippen LogP contribution is -2.43. The second-order valence-corrected chi connectivity index (χ2v) is 6.45. The average molecular weight is 326 g/mol. The van der Waals surface area contributed by atoms with Crippen molar-refractivity contribution in [3.05, 3.63) is 28.5 Å². The Labute approximate surface area is 122 Å². The summed E-state index contributed by atoms with van der Waals surface area (Å²) < 4.78 is 0.686. The van der Waals surface area contributed by atoms with E-state index in [9.17, 15) is 4.79 Å². The van der Waals surface area contributed by atoms with Gasteiger partial charge in [0.25, 0.3) is 5.91 Å². The molecule has 0 unspecified atom stereocenters. The Bertz CT molecular complexity index is 456. The van der Waals surface area contributed by atoms with Gasteiger partial charge in [-0.25, -0.2) is 4.98 Å². The lowest BCUT2D eigenvalue weighted by molar-refractivity contribution is 0.0886. The van der Waals surface area contributed by atoms with E-state index in [1.54, 1.807) is 6.07 Å². The number of piperidine rings is 1. The molecule has 0 aromatic carbocycles. The van der Waals surface area contributed by atoms with Gasteiger partial charge in [-0.15, -0.1) is 0 Å². The van der Waals surface area contributed by atoms with Gasteiger partial charge in [0.2, 0.25) is 0 Å². The van der Waals surface area contributed by atoms with Crippen molar-refractivity contribution in [2.24, 2.45) is 5.41 Å². The van der Waals surface area contributed by atoms with Crippen LogP contribution in [0.15, 0.2) is 22.8 Å². The molecule has 1 saturated heterocycles. The second-order valence-electron chi connectivity index (χ2n) is 5.64. The van der Waals surface area contributed by atoms with Crippen molar-refractivity contribution >= 4 is 21.8 Å². The van der Waals surface area contributed by atoms with Crippen molar-refractivity contribution in [2.75, 3.05) is 26.7 Å². The molecule has 1 amide bonds. The van der Waals surface area contributed by atoms with Gasteiger partial charge in [-0.2, -0.15) is 0 Å². The molecule has 1 N–H and O–H groups in total. The smallest absolute Gasteiger partial charge is 0.269 e. The van der Waals surface area contributed by atoms with E-state index in [0.29, 0.717) is 16.8 Å². The molecule has 0 aliphatic carbocycles. The Balaban J connectivity index is 1.90. The number of hydrogen-bond acceptors (Lipinski definition) is 3. The highest BCUT2D eigenvalue weighted by atomic mass is 79.9. The molecule has 1 aromatic heterocycles. The van der Waals surface area contributed by atoms with Crippen molar-refractivity contribution in [2.45, 2.75) is 19.8 Å². The van der Waals surface area contributed by atoms with E-state index in [0.717, 1.165) is 25.9 Å². The zero-order valence-corrected chi connectivity index (χ0v) is 13.0. The van der Waals surface area contributed by atoms with Crippen LogP contribution in [0, 0.1) is 5.41 Å². The third kappa shape index (κ3) is 4.01. The summed E-state index contributed by atoms with van der Waals surface area (Å²) in [6.45, 7) is 5.16. The van der Waals surface area contributed by atoms with Gasteiger partial charge in [-0.3, -0.25) is 4.79 Å². The monoisotopic (exact) mass is 325 g/mol. The molecule has 1 aliphatic heterocycles. The fraction of sp³-hybridized carbons (Fsp3) is 0.571. The van der Waals surface area contributed by atoms with Crippen LogP contribution in [-0.2, 0) is 0 Å². The van der Waals surface area contributed by atoms with Gasteiger partial charge in [0.1, 0.15) is 10.3 Å². The molecular weight excluding hydrogens is 306 g/mol. The van der Waals surface area contributed by atoms with E-state index < -0.39 is 0 Å². The van der Waals surface area contributed by atoms with Crippen LogP contribution >= 0.6 is 15.9 Å². The van der Waals surface area contributed by atoms with Gasteiger partial charge in [-0.1, -0.05) is 13.0 Å². The maximum absolute atomic E-state index is 12.0. The third-order valence-corrected chi connectivity index (χ3v) is 4.26. The number of hydrogen-bond donors (Lipinski definition) is 1. The van der Waals surface area contributed by atoms with Gasteiger partial charge in [0, 0.05) is 6.54 Å². The fourth-order valence-electron chi connectivity index (χ4n) is 2.25. The predicted octanol–water partition coefficient (Wildman–Crippen LogP) is 2.31. The van der Waals surface area contributed by atoms with E-state index >= 15 is 0 Å². The van der Waals surface area contributed by atoms with E-state index in [1.165, 1.54) is 0 Å². The summed E-state index contributed by atoms with van der Waals surface area (Å²) >= 11 is 3.28. The van der Waals surface area contributed by atoms with Gasteiger partial charge in [0.15, 0.2) is 0 Å². The summed E-state index contributed by atoms with van der Waals surface area (Å²) in [7, 11) is 2.14. The van der Waals surface area contributed by atoms with E-state index in [2.05, 4.69) is 45.1 Å². The highest BCUT2D eigenvalue weighted by Gasteiger charge is 2.29. The van der Waals surface area contributed by atoms with Crippen molar-refractivity contribution in [1.82, 2.24) is 15.2 Å². The molecule has 1 fully saturated rings. The molecule has 0 saturated carbocycles. The Morgan fingerprint density at radius 1 is 1.47 bits per heavy atom. The molecular formula is C14H20BrN3O. The summed E-state index contributed by atoms with van der Waals surface area (Å²) in [5, 5.41) is 3.01. The molecule has 0 atom stereocenters. The highest BCUT2D eigenvalue weighted by Crippen LogP contribution is 2.29. The molecule has 0 radical (unpaired) electrons. The Hall–Kier alpha value is -0.940. The van der Waals surface area contributed by atoms with Crippen LogP contribution in [0.25, 0.3) is 0 Å². The number of amides is 1. The van der Waals surface area contributed by atoms with Crippen LogP contribution < -0.4 is 5.32 Å². The standard InChI is InChI=1S/C14H20BrN3O/c1-14(6-8-18(2)9-7-14)10-16-13(19)11-4-3-5-12(15)17-11/h3-5H,6-10H2,1-2H3,(H,16,19).